The van der Waals surface area contributed by atoms with E-state index in [4.69, 9.17) is 4.74 Å². The van der Waals surface area contributed by atoms with Crippen LogP contribution in [0.4, 0.5) is 0 Å². The molecule has 0 saturated carbocycles. The lowest BCUT2D eigenvalue weighted by molar-refractivity contribution is -0.124. The van der Waals surface area contributed by atoms with Gasteiger partial charge in [0.25, 0.3) is 5.91 Å². The van der Waals surface area contributed by atoms with Gasteiger partial charge in [0.1, 0.15) is 0 Å². The van der Waals surface area contributed by atoms with Gasteiger partial charge in [0, 0.05) is 26.7 Å². The Morgan fingerprint density at radius 3 is 2.55 bits per heavy atom. The summed E-state index contributed by atoms with van der Waals surface area (Å²) in [4.78, 5) is 14.4. The van der Waals surface area contributed by atoms with Gasteiger partial charge in [-0.25, -0.2) is 0 Å². The fraction of sp³-hybridized carbons (Fsp3) is 0.565. The van der Waals surface area contributed by atoms with Crippen LogP contribution in [0, 0.1) is 5.92 Å². The first-order valence-corrected chi connectivity index (χ1v) is 10.7. The van der Waals surface area contributed by atoms with E-state index < -0.39 is 0 Å². The number of nitrogens with zero attached hydrogens (tertiary/aromatic N) is 3. The molecule has 29 heavy (non-hydrogen) atoms. The van der Waals surface area contributed by atoms with Gasteiger partial charge in [-0.15, -0.1) is 0 Å². The number of nitrogens with one attached hydrogen (secondary N) is 1. The van der Waals surface area contributed by atoms with E-state index in [9.17, 15) is 4.79 Å². The van der Waals surface area contributed by atoms with Crippen molar-refractivity contribution in [3.05, 3.63) is 52.8 Å². The minimum absolute atomic E-state index is 0.143. The summed E-state index contributed by atoms with van der Waals surface area (Å²) in [6.45, 7) is 8.82. The fourth-order valence-corrected chi connectivity index (χ4v) is 4.42. The highest BCUT2D eigenvalue weighted by molar-refractivity contribution is 5.92. The Kier molecular flexibility index (Phi) is 5.74. The topological polar surface area (TPSA) is 59.4 Å². The second-order valence-electron chi connectivity index (χ2n) is 8.92. The number of likely N-dealkylation sites (tertiary alicyclic amines) is 1. The molecule has 0 unspecified atom stereocenters. The number of carbonyl (C=O) groups excluding carboxylic acids is 1. The van der Waals surface area contributed by atoms with Crippen molar-refractivity contribution in [2.24, 2.45) is 5.92 Å². The second-order valence-corrected chi connectivity index (χ2v) is 8.92. The van der Waals surface area contributed by atoms with E-state index >= 15 is 0 Å². The third-order valence-corrected chi connectivity index (χ3v) is 6.13. The molecule has 1 amide bonds. The molecule has 2 aliphatic rings. The lowest BCUT2D eigenvalue weighted by Gasteiger charge is -2.43. The van der Waals surface area contributed by atoms with Crippen molar-refractivity contribution in [3.63, 3.8) is 0 Å². The third-order valence-electron chi connectivity index (χ3n) is 6.13. The van der Waals surface area contributed by atoms with Gasteiger partial charge in [0.2, 0.25) is 0 Å². The lowest BCUT2D eigenvalue weighted by atomic mass is 9.89. The van der Waals surface area contributed by atoms with E-state index in [-0.39, 0.29) is 11.5 Å². The number of benzene rings is 1. The maximum Gasteiger partial charge on any atom is 0.271 e. The van der Waals surface area contributed by atoms with Crippen LogP contribution in [-0.4, -0.2) is 46.3 Å². The molecule has 1 N–H and O–H groups in total. The molecule has 1 spiro atoms. The van der Waals surface area contributed by atoms with Crippen LogP contribution >= 0.6 is 0 Å². The van der Waals surface area contributed by atoms with Gasteiger partial charge in [-0.2, -0.15) is 5.10 Å². The number of piperidine rings is 1. The van der Waals surface area contributed by atoms with Gasteiger partial charge in [0.15, 0.2) is 5.69 Å². The Hall–Kier alpha value is -2.18. The standard InChI is InChI=1S/C23H32N4O2/c1-17(2)12-18-4-6-19(7-5-18)14-26-10-8-23(9-11-26)16-27-20(15-29-23)13-21(25-27)22(28)24-3/h4-7,13,17H,8-12,14-16H2,1-3H3,(H,24,28). The fourth-order valence-electron chi connectivity index (χ4n) is 4.42. The highest BCUT2D eigenvalue weighted by Crippen LogP contribution is 2.33. The van der Waals surface area contributed by atoms with Gasteiger partial charge >= 0.3 is 0 Å². The van der Waals surface area contributed by atoms with Crippen molar-refractivity contribution in [2.75, 3.05) is 20.1 Å². The predicted molar refractivity (Wildman–Crippen MR) is 113 cm³/mol. The Labute approximate surface area is 173 Å². The molecule has 0 bridgehead atoms. The van der Waals surface area contributed by atoms with Crippen molar-refractivity contribution in [1.29, 1.82) is 0 Å². The molecule has 0 atom stereocenters. The van der Waals surface area contributed by atoms with Crippen LogP contribution in [0.15, 0.2) is 30.3 Å². The summed E-state index contributed by atoms with van der Waals surface area (Å²) in [5.41, 5.74) is 4.10. The molecule has 156 valence electrons. The zero-order valence-corrected chi connectivity index (χ0v) is 17.8. The average molecular weight is 397 g/mol. The molecular weight excluding hydrogens is 364 g/mol. The van der Waals surface area contributed by atoms with E-state index in [1.807, 2.05) is 10.7 Å². The zero-order valence-electron chi connectivity index (χ0n) is 17.8. The molecule has 3 heterocycles. The predicted octanol–water partition coefficient (Wildman–Crippen LogP) is 3.01. The van der Waals surface area contributed by atoms with Crippen LogP contribution < -0.4 is 5.32 Å². The van der Waals surface area contributed by atoms with Gasteiger partial charge < -0.3 is 10.1 Å². The first kappa shape index (κ1) is 20.1. The van der Waals surface area contributed by atoms with Gasteiger partial charge in [-0.1, -0.05) is 38.1 Å². The maximum absolute atomic E-state index is 11.9. The quantitative estimate of drug-likeness (QED) is 0.844. The van der Waals surface area contributed by atoms with Gasteiger partial charge in [-0.05, 0) is 42.4 Å². The second kappa shape index (κ2) is 8.28. The zero-order chi connectivity index (χ0) is 20.4. The highest BCUT2D eigenvalue weighted by atomic mass is 16.5. The van der Waals surface area contributed by atoms with Gasteiger partial charge in [-0.3, -0.25) is 14.4 Å². The van der Waals surface area contributed by atoms with Crippen LogP contribution in [-0.2, 0) is 30.9 Å². The highest BCUT2D eigenvalue weighted by Gasteiger charge is 2.39. The van der Waals surface area contributed by atoms with E-state index in [2.05, 4.69) is 53.4 Å². The molecule has 2 aliphatic heterocycles. The molecular formula is C23H32N4O2. The normalized spacial score (nSPS) is 18.8. The summed E-state index contributed by atoms with van der Waals surface area (Å²) in [7, 11) is 1.63. The third kappa shape index (κ3) is 4.54. The van der Waals surface area contributed by atoms with E-state index in [1.54, 1.807) is 7.05 Å². The van der Waals surface area contributed by atoms with Crippen LogP contribution in [0.5, 0.6) is 0 Å². The molecule has 2 aromatic rings. The molecule has 4 rings (SSSR count). The molecule has 1 aromatic heterocycles. The Bertz CT molecular complexity index is 848. The number of fused-ring (bicyclic) bond motifs is 1. The molecule has 6 heteroatoms. The van der Waals surface area contributed by atoms with Crippen LogP contribution in [0.3, 0.4) is 0 Å². The van der Waals surface area contributed by atoms with Crippen LogP contribution in [0.2, 0.25) is 0 Å². The summed E-state index contributed by atoms with van der Waals surface area (Å²) in [6, 6.07) is 10.9. The Morgan fingerprint density at radius 1 is 1.21 bits per heavy atom. The monoisotopic (exact) mass is 396 g/mol. The van der Waals surface area contributed by atoms with Crippen molar-refractivity contribution in [2.45, 2.75) is 58.4 Å². The minimum Gasteiger partial charge on any atom is -0.367 e. The van der Waals surface area contributed by atoms with Crippen molar-refractivity contribution < 1.29 is 9.53 Å². The molecule has 1 fully saturated rings. The Balaban J connectivity index is 1.33. The van der Waals surface area contributed by atoms with Crippen LogP contribution in [0.1, 0.15) is 54.0 Å². The summed E-state index contributed by atoms with van der Waals surface area (Å²) < 4.78 is 8.26. The lowest BCUT2D eigenvalue weighted by Crippen LogP contribution is -2.50. The van der Waals surface area contributed by atoms with Crippen molar-refractivity contribution in [3.8, 4) is 0 Å². The number of amides is 1. The van der Waals surface area contributed by atoms with E-state index in [1.165, 1.54) is 11.1 Å². The molecule has 0 radical (unpaired) electrons. The number of rotatable bonds is 5. The molecule has 1 aromatic carbocycles. The number of hydrogen-bond acceptors (Lipinski definition) is 4. The number of carbonyl (C=O) groups is 1. The first-order valence-electron chi connectivity index (χ1n) is 10.7. The van der Waals surface area contributed by atoms with E-state index in [0.29, 0.717) is 18.2 Å². The first-order chi connectivity index (χ1) is 14.0. The Morgan fingerprint density at radius 2 is 1.90 bits per heavy atom. The number of ether oxygens (including phenoxy) is 1. The molecule has 6 nitrogen and oxygen atoms in total. The summed E-state index contributed by atoms with van der Waals surface area (Å²) in [5, 5.41) is 7.14. The number of hydrogen-bond donors (Lipinski definition) is 1. The van der Waals surface area contributed by atoms with Crippen LogP contribution in [0.25, 0.3) is 0 Å². The molecule has 0 aliphatic carbocycles. The summed E-state index contributed by atoms with van der Waals surface area (Å²) in [5.74, 6) is 0.549. The minimum atomic E-state index is -0.156. The maximum atomic E-state index is 11.9. The smallest absolute Gasteiger partial charge is 0.271 e. The summed E-state index contributed by atoms with van der Waals surface area (Å²) in [6.07, 6.45) is 3.13. The van der Waals surface area contributed by atoms with Crippen molar-refractivity contribution >= 4 is 5.91 Å². The largest absolute Gasteiger partial charge is 0.367 e. The SMILES string of the molecule is CNC(=O)c1cc2n(n1)CC1(CCN(Cc3ccc(CC(C)C)cc3)CC1)OC2. The van der Waals surface area contributed by atoms with Gasteiger partial charge in [0.05, 0.1) is 24.4 Å². The van der Waals surface area contributed by atoms with Crippen molar-refractivity contribution in [1.82, 2.24) is 20.0 Å². The average Bonchev–Trinajstić information content (AvgIpc) is 3.13. The summed E-state index contributed by atoms with van der Waals surface area (Å²) >= 11 is 0. The molecule has 1 saturated heterocycles. The van der Waals surface area contributed by atoms with E-state index in [0.717, 1.165) is 51.1 Å². The number of aromatic nitrogens is 2.